The number of hydrogen-bond acceptors (Lipinski definition) is 6. The second-order valence-corrected chi connectivity index (χ2v) is 7.03. The van der Waals surface area contributed by atoms with Gasteiger partial charge in [-0.3, -0.25) is 0 Å². The van der Waals surface area contributed by atoms with Crippen LogP contribution in [-0.2, 0) is 22.4 Å². The number of hydrogen-bond donors (Lipinski definition) is 2. The zero-order valence-corrected chi connectivity index (χ0v) is 16.0. The van der Waals surface area contributed by atoms with E-state index in [0.717, 1.165) is 29.7 Å². The molecule has 0 unspecified atom stereocenters. The standard InChI is InChI=1S/C18H29N5O3/c1-5-6-14-22-15-13(7-8-20-16(15)19)23(14)10-12-25-11-9-21-17(24)26-18(2,3)4/h7-8H,5-6,9-12H2,1-4H3,(H2,19,20)(H,21,24). The number of aryl methyl sites for hydroxylation is 1. The Hall–Kier alpha value is -2.35. The maximum absolute atomic E-state index is 11.6. The van der Waals surface area contributed by atoms with E-state index < -0.39 is 11.7 Å². The molecule has 0 radical (unpaired) electrons. The lowest BCUT2D eigenvalue weighted by atomic mass is 10.2. The molecule has 2 heterocycles. The maximum atomic E-state index is 11.6. The average molecular weight is 363 g/mol. The molecule has 0 aromatic carbocycles. The number of nitrogen functional groups attached to an aromatic ring is 1. The lowest BCUT2D eigenvalue weighted by molar-refractivity contribution is 0.0497. The molecular weight excluding hydrogens is 334 g/mol. The number of nitrogens with two attached hydrogens (primary N) is 1. The predicted molar refractivity (Wildman–Crippen MR) is 101 cm³/mol. The Labute approximate surface area is 154 Å². The van der Waals surface area contributed by atoms with E-state index in [2.05, 4.69) is 26.8 Å². The van der Waals surface area contributed by atoms with Gasteiger partial charge in [-0.15, -0.1) is 0 Å². The van der Waals surface area contributed by atoms with E-state index in [1.54, 1.807) is 6.20 Å². The molecule has 2 aromatic rings. The second kappa shape index (κ2) is 8.84. The van der Waals surface area contributed by atoms with Crippen LogP contribution in [0.5, 0.6) is 0 Å². The number of aromatic nitrogens is 3. The molecule has 0 aliphatic heterocycles. The molecule has 3 N–H and O–H groups in total. The summed E-state index contributed by atoms with van der Waals surface area (Å²) in [6, 6.07) is 1.92. The van der Waals surface area contributed by atoms with Crippen molar-refractivity contribution in [3.63, 3.8) is 0 Å². The van der Waals surface area contributed by atoms with Gasteiger partial charge in [0.15, 0.2) is 5.82 Å². The van der Waals surface area contributed by atoms with Crippen molar-refractivity contribution in [3.8, 4) is 0 Å². The summed E-state index contributed by atoms with van der Waals surface area (Å²) >= 11 is 0. The van der Waals surface area contributed by atoms with Crippen molar-refractivity contribution in [2.75, 3.05) is 25.5 Å². The Morgan fingerprint density at radius 1 is 1.35 bits per heavy atom. The van der Waals surface area contributed by atoms with Crippen molar-refractivity contribution in [2.45, 2.75) is 52.7 Å². The van der Waals surface area contributed by atoms with Crippen LogP contribution in [-0.4, -0.2) is 46.0 Å². The van der Waals surface area contributed by atoms with Crippen molar-refractivity contribution in [2.24, 2.45) is 0 Å². The molecule has 8 heteroatoms. The van der Waals surface area contributed by atoms with Crippen molar-refractivity contribution in [3.05, 3.63) is 18.1 Å². The molecule has 0 atom stereocenters. The van der Waals surface area contributed by atoms with E-state index in [1.165, 1.54) is 0 Å². The normalized spacial score (nSPS) is 11.7. The minimum Gasteiger partial charge on any atom is -0.444 e. The fourth-order valence-corrected chi connectivity index (χ4v) is 2.58. The van der Waals surface area contributed by atoms with Gasteiger partial charge in [0.25, 0.3) is 0 Å². The minimum atomic E-state index is -0.500. The summed E-state index contributed by atoms with van der Waals surface area (Å²) in [5, 5.41) is 2.67. The molecule has 144 valence electrons. The molecule has 2 rings (SSSR count). The van der Waals surface area contributed by atoms with Gasteiger partial charge in [-0.2, -0.15) is 0 Å². The summed E-state index contributed by atoms with van der Waals surface area (Å²) < 4.78 is 12.9. The second-order valence-electron chi connectivity index (χ2n) is 7.03. The average Bonchev–Trinajstić information content (AvgIpc) is 2.89. The molecule has 0 saturated heterocycles. The zero-order valence-electron chi connectivity index (χ0n) is 16.0. The lowest BCUT2D eigenvalue weighted by Crippen LogP contribution is -2.34. The number of nitrogens with one attached hydrogen (secondary N) is 1. The van der Waals surface area contributed by atoms with Gasteiger partial charge in [-0.05, 0) is 33.3 Å². The molecule has 0 fully saturated rings. The molecule has 26 heavy (non-hydrogen) atoms. The number of imidazole rings is 1. The highest BCUT2D eigenvalue weighted by Gasteiger charge is 2.15. The number of fused-ring (bicyclic) bond motifs is 1. The maximum Gasteiger partial charge on any atom is 0.407 e. The molecule has 8 nitrogen and oxygen atoms in total. The first-order chi connectivity index (χ1) is 12.3. The number of amides is 1. The van der Waals surface area contributed by atoms with Gasteiger partial charge in [-0.1, -0.05) is 6.92 Å². The van der Waals surface area contributed by atoms with Crippen LogP contribution < -0.4 is 11.1 Å². The molecular formula is C18H29N5O3. The molecule has 1 amide bonds. The van der Waals surface area contributed by atoms with E-state index in [9.17, 15) is 4.79 Å². The molecule has 0 aliphatic rings. The Kier molecular flexibility index (Phi) is 6.79. The fraction of sp³-hybridized carbons (Fsp3) is 0.611. The van der Waals surface area contributed by atoms with Crippen LogP contribution in [0.25, 0.3) is 11.0 Å². The van der Waals surface area contributed by atoms with Gasteiger partial charge >= 0.3 is 6.09 Å². The minimum absolute atomic E-state index is 0.401. The van der Waals surface area contributed by atoms with Crippen LogP contribution in [0.1, 0.15) is 39.9 Å². The molecule has 0 spiro atoms. The number of rotatable bonds is 8. The van der Waals surface area contributed by atoms with Crippen LogP contribution in [0.3, 0.4) is 0 Å². The summed E-state index contributed by atoms with van der Waals surface area (Å²) in [6.07, 6.45) is 3.12. The first-order valence-corrected chi connectivity index (χ1v) is 8.96. The van der Waals surface area contributed by atoms with E-state index in [4.69, 9.17) is 15.2 Å². The quantitative estimate of drug-likeness (QED) is 0.698. The number of ether oxygens (including phenoxy) is 2. The summed E-state index contributed by atoms with van der Waals surface area (Å²) in [4.78, 5) is 20.3. The highest BCUT2D eigenvalue weighted by Crippen LogP contribution is 2.20. The van der Waals surface area contributed by atoms with Crippen LogP contribution in [0, 0.1) is 0 Å². The van der Waals surface area contributed by atoms with Gasteiger partial charge in [0.2, 0.25) is 0 Å². The molecule has 0 saturated carbocycles. The highest BCUT2D eigenvalue weighted by molar-refractivity contribution is 5.85. The summed E-state index contributed by atoms with van der Waals surface area (Å²) in [6.45, 7) is 9.60. The topological polar surface area (TPSA) is 104 Å². The Morgan fingerprint density at radius 3 is 2.81 bits per heavy atom. The first-order valence-electron chi connectivity index (χ1n) is 8.96. The number of nitrogens with zero attached hydrogens (tertiary/aromatic N) is 3. The van der Waals surface area contributed by atoms with Gasteiger partial charge in [-0.25, -0.2) is 14.8 Å². The number of anilines is 1. The first kappa shape index (κ1) is 20.0. The van der Waals surface area contributed by atoms with Gasteiger partial charge in [0, 0.05) is 25.7 Å². The predicted octanol–water partition coefficient (Wildman–Crippen LogP) is 2.51. The Bertz CT molecular complexity index is 736. The molecule has 2 aromatic heterocycles. The Morgan fingerprint density at radius 2 is 2.12 bits per heavy atom. The third kappa shape index (κ3) is 5.59. The van der Waals surface area contributed by atoms with Crippen molar-refractivity contribution in [1.29, 1.82) is 0 Å². The largest absolute Gasteiger partial charge is 0.444 e. The summed E-state index contributed by atoms with van der Waals surface area (Å²) in [5.41, 5.74) is 7.14. The monoisotopic (exact) mass is 363 g/mol. The fourth-order valence-electron chi connectivity index (χ4n) is 2.58. The highest BCUT2D eigenvalue weighted by atomic mass is 16.6. The molecule has 0 bridgehead atoms. The van der Waals surface area contributed by atoms with E-state index in [1.807, 2.05) is 26.8 Å². The van der Waals surface area contributed by atoms with Crippen LogP contribution in [0.2, 0.25) is 0 Å². The van der Waals surface area contributed by atoms with Crippen molar-refractivity contribution in [1.82, 2.24) is 19.9 Å². The number of carbonyl (C=O) groups is 1. The van der Waals surface area contributed by atoms with Crippen molar-refractivity contribution < 1.29 is 14.3 Å². The van der Waals surface area contributed by atoms with E-state index >= 15 is 0 Å². The Balaban J connectivity index is 1.83. The zero-order chi connectivity index (χ0) is 19.2. The summed E-state index contributed by atoms with van der Waals surface area (Å²) in [5.74, 6) is 1.43. The smallest absolute Gasteiger partial charge is 0.407 e. The van der Waals surface area contributed by atoms with Crippen LogP contribution >= 0.6 is 0 Å². The van der Waals surface area contributed by atoms with Gasteiger partial charge in [0.1, 0.15) is 16.9 Å². The third-order valence-corrected chi connectivity index (χ3v) is 3.62. The number of alkyl carbamates (subject to hydrolysis) is 1. The number of carbonyl (C=O) groups excluding carboxylic acids is 1. The summed E-state index contributed by atoms with van der Waals surface area (Å²) in [7, 11) is 0. The van der Waals surface area contributed by atoms with Gasteiger partial charge in [0.05, 0.1) is 18.7 Å². The SMILES string of the molecule is CCCc1nc2c(N)nccc2n1CCOCCNC(=O)OC(C)(C)C. The van der Waals surface area contributed by atoms with Crippen LogP contribution in [0.4, 0.5) is 10.6 Å². The number of pyridine rings is 1. The molecule has 0 aliphatic carbocycles. The van der Waals surface area contributed by atoms with E-state index in [0.29, 0.717) is 32.1 Å². The van der Waals surface area contributed by atoms with Gasteiger partial charge < -0.3 is 25.1 Å². The van der Waals surface area contributed by atoms with Crippen molar-refractivity contribution >= 4 is 22.9 Å². The van der Waals surface area contributed by atoms with Crippen LogP contribution in [0.15, 0.2) is 12.3 Å². The van der Waals surface area contributed by atoms with E-state index in [-0.39, 0.29) is 0 Å². The lowest BCUT2D eigenvalue weighted by Gasteiger charge is -2.19. The third-order valence-electron chi connectivity index (χ3n) is 3.62.